The minimum absolute atomic E-state index is 0.0946. The van der Waals surface area contributed by atoms with Crippen molar-refractivity contribution in [2.75, 3.05) is 23.3 Å². The van der Waals surface area contributed by atoms with E-state index < -0.39 is 17.8 Å². The Hall–Kier alpha value is -3.41. The molecule has 180 valence electrons. The number of urea groups is 1. The van der Waals surface area contributed by atoms with Gasteiger partial charge in [0.1, 0.15) is 6.61 Å². The first kappa shape index (κ1) is 23.7. The summed E-state index contributed by atoms with van der Waals surface area (Å²) in [5.74, 6) is 1.03. The van der Waals surface area contributed by atoms with Crippen LogP contribution in [0.5, 0.6) is 5.88 Å². The van der Waals surface area contributed by atoms with Crippen LogP contribution in [0, 0.1) is 0 Å². The van der Waals surface area contributed by atoms with E-state index in [2.05, 4.69) is 19.0 Å². The molecule has 12 heteroatoms. The van der Waals surface area contributed by atoms with Crippen LogP contribution in [-0.2, 0) is 12.8 Å². The Morgan fingerprint density at radius 2 is 1.85 bits per heavy atom. The fourth-order valence-electron chi connectivity index (χ4n) is 3.95. The van der Waals surface area contributed by atoms with E-state index >= 15 is 0 Å². The van der Waals surface area contributed by atoms with Gasteiger partial charge < -0.3 is 19.9 Å². The zero-order valence-corrected chi connectivity index (χ0v) is 19.3. The van der Waals surface area contributed by atoms with Gasteiger partial charge in [-0.3, -0.25) is 4.98 Å². The average Bonchev–Trinajstić information content (AvgIpc) is 3.26. The first-order valence-corrected chi connectivity index (χ1v) is 11.3. The lowest BCUT2D eigenvalue weighted by atomic mass is 10.1. The third-order valence-corrected chi connectivity index (χ3v) is 5.96. The first-order chi connectivity index (χ1) is 16.2. The highest BCUT2D eigenvalue weighted by Crippen LogP contribution is 2.32. The summed E-state index contributed by atoms with van der Waals surface area (Å²) in [6.45, 7) is 5.03. The molecule has 0 saturated carbocycles. The molecule has 8 nitrogen and oxygen atoms in total. The topological polar surface area (TPSA) is 83.5 Å². The fraction of sp³-hybridized carbons (Fsp3) is 0.364. The van der Waals surface area contributed by atoms with Crippen molar-refractivity contribution in [3.63, 3.8) is 0 Å². The van der Waals surface area contributed by atoms with Crippen molar-refractivity contribution in [2.45, 2.75) is 38.7 Å². The predicted molar refractivity (Wildman–Crippen MR) is 122 cm³/mol. The van der Waals surface area contributed by atoms with Gasteiger partial charge in [0.25, 0.3) is 5.88 Å². The van der Waals surface area contributed by atoms with Crippen LogP contribution in [0.2, 0.25) is 0 Å². The average molecular weight is 493 g/mol. The third kappa shape index (κ3) is 5.38. The predicted octanol–water partition coefficient (Wildman–Crippen LogP) is 4.66. The number of rotatable bonds is 5. The molecule has 34 heavy (non-hydrogen) atoms. The molecule has 0 radical (unpaired) electrons. The van der Waals surface area contributed by atoms with Gasteiger partial charge in [-0.15, -0.1) is 4.37 Å². The Labute approximate surface area is 198 Å². The Morgan fingerprint density at radius 3 is 2.53 bits per heavy atom. The zero-order valence-electron chi connectivity index (χ0n) is 18.5. The Kier molecular flexibility index (Phi) is 6.87. The maximum atomic E-state index is 13.0. The quantitative estimate of drug-likeness (QED) is 0.558. The summed E-state index contributed by atoms with van der Waals surface area (Å²) in [6.07, 6.45) is -1.11. The number of anilines is 2. The lowest BCUT2D eigenvalue weighted by molar-refractivity contribution is -0.137. The summed E-state index contributed by atoms with van der Waals surface area (Å²) < 4.78 is 53.5. The van der Waals surface area contributed by atoms with Crippen molar-refractivity contribution >= 4 is 29.3 Å². The van der Waals surface area contributed by atoms with E-state index in [-0.39, 0.29) is 17.8 Å². The third-order valence-electron chi connectivity index (χ3n) is 5.46. The van der Waals surface area contributed by atoms with Crippen LogP contribution in [-0.4, -0.2) is 49.8 Å². The largest absolute Gasteiger partial charge is 0.470 e. The van der Waals surface area contributed by atoms with Crippen LogP contribution in [0.15, 0.2) is 48.8 Å². The van der Waals surface area contributed by atoms with Gasteiger partial charge in [0.15, 0.2) is 0 Å². The molecule has 1 aliphatic heterocycles. The van der Waals surface area contributed by atoms with E-state index in [1.807, 2.05) is 30.9 Å². The molecule has 0 aliphatic carbocycles. The zero-order chi connectivity index (χ0) is 24.3. The summed E-state index contributed by atoms with van der Waals surface area (Å²) in [5, 5.41) is 2.60. The van der Waals surface area contributed by atoms with Crippen LogP contribution in [0.4, 0.5) is 29.5 Å². The molecule has 1 saturated heterocycles. The molecular weight excluding hydrogens is 469 g/mol. The highest BCUT2D eigenvalue weighted by molar-refractivity contribution is 6.99. The number of halogens is 3. The smallest absolute Gasteiger partial charge is 0.416 e. The molecule has 0 spiro atoms. The number of ether oxygens (including phenoxy) is 1. The maximum absolute atomic E-state index is 13.0. The van der Waals surface area contributed by atoms with Crippen molar-refractivity contribution in [1.29, 1.82) is 0 Å². The number of nitrogens with one attached hydrogen (secondary N) is 1. The van der Waals surface area contributed by atoms with Gasteiger partial charge in [0, 0.05) is 43.3 Å². The Morgan fingerprint density at radius 1 is 1.15 bits per heavy atom. The van der Waals surface area contributed by atoms with Crippen LogP contribution >= 0.6 is 11.7 Å². The van der Waals surface area contributed by atoms with Crippen LogP contribution in [0.3, 0.4) is 0 Å². The molecule has 2 atom stereocenters. The molecule has 2 amide bonds. The monoisotopic (exact) mass is 492 g/mol. The number of aromatic nitrogens is 3. The van der Waals surface area contributed by atoms with Gasteiger partial charge in [0.05, 0.1) is 17.3 Å². The van der Waals surface area contributed by atoms with Gasteiger partial charge in [-0.25, -0.2) is 4.79 Å². The van der Waals surface area contributed by atoms with E-state index in [4.69, 9.17) is 4.74 Å². The number of amides is 2. The van der Waals surface area contributed by atoms with Crippen LogP contribution in [0.1, 0.15) is 25.0 Å². The molecule has 0 bridgehead atoms. The van der Waals surface area contributed by atoms with Crippen molar-refractivity contribution in [2.24, 2.45) is 0 Å². The van der Waals surface area contributed by atoms with E-state index in [1.165, 1.54) is 12.1 Å². The van der Waals surface area contributed by atoms with Crippen molar-refractivity contribution in [3.8, 4) is 5.88 Å². The van der Waals surface area contributed by atoms with E-state index in [0.717, 1.165) is 29.4 Å². The second-order valence-corrected chi connectivity index (χ2v) is 8.58. The Balaban J connectivity index is 1.41. The molecule has 2 aromatic heterocycles. The van der Waals surface area contributed by atoms with Crippen molar-refractivity contribution < 1.29 is 22.7 Å². The molecule has 1 aliphatic rings. The van der Waals surface area contributed by atoms with Gasteiger partial charge >= 0.3 is 12.2 Å². The molecule has 1 N–H and O–H groups in total. The van der Waals surface area contributed by atoms with Crippen LogP contribution < -0.4 is 15.0 Å². The normalized spacial score (nSPS) is 18.6. The van der Waals surface area contributed by atoms with Crippen molar-refractivity contribution in [1.82, 2.24) is 18.6 Å². The Bertz CT molecular complexity index is 1120. The molecule has 3 heterocycles. The lowest BCUT2D eigenvalue weighted by Crippen LogP contribution is -2.59. The summed E-state index contributed by atoms with van der Waals surface area (Å²) in [7, 11) is 0. The summed E-state index contributed by atoms with van der Waals surface area (Å²) in [4.78, 5) is 20.6. The summed E-state index contributed by atoms with van der Waals surface area (Å²) >= 11 is 1.05. The summed E-state index contributed by atoms with van der Waals surface area (Å²) in [5.41, 5.74) is 0.232. The van der Waals surface area contributed by atoms with Crippen molar-refractivity contribution in [3.05, 3.63) is 59.9 Å². The lowest BCUT2D eigenvalue weighted by Gasteiger charge is -2.44. The van der Waals surface area contributed by atoms with E-state index in [0.29, 0.717) is 31.4 Å². The number of hydrogen-bond acceptors (Lipinski definition) is 7. The standard InChI is InChI=1S/C22H23F3N6O2S/c1-14-11-30(19-20(29-34-28-19)33-13-16-6-8-26-9-7-16)12-15(2)31(14)21(32)27-18-5-3-4-17(10-18)22(23,24)25/h3-10,14-15H,11-13H2,1-2H3,(H,27,32). The van der Waals surface area contributed by atoms with Crippen LogP contribution in [0.25, 0.3) is 0 Å². The molecule has 2 unspecified atom stereocenters. The van der Waals surface area contributed by atoms with E-state index in [1.54, 1.807) is 17.3 Å². The number of piperazine rings is 1. The molecular formula is C22H23F3N6O2S. The molecule has 1 aromatic carbocycles. The second-order valence-electron chi connectivity index (χ2n) is 8.06. The SMILES string of the molecule is CC1CN(c2nsnc2OCc2ccncc2)CC(C)N1C(=O)Nc1cccc(C(F)(F)F)c1. The second kappa shape index (κ2) is 9.84. The number of hydrogen-bond donors (Lipinski definition) is 1. The number of carbonyl (C=O) groups excluding carboxylic acids is 1. The number of carbonyl (C=O) groups is 1. The van der Waals surface area contributed by atoms with Gasteiger partial charge in [-0.2, -0.15) is 17.5 Å². The number of nitrogens with zero attached hydrogens (tertiary/aromatic N) is 5. The summed E-state index contributed by atoms with van der Waals surface area (Å²) in [6, 6.07) is 7.39. The van der Waals surface area contributed by atoms with Gasteiger partial charge in [0.2, 0.25) is 5.82 Å². The molecule has 4 rings (SSSR count). The minimum Gasteiger partial charge on any atom is -0.470 e. The maximum Gasteiger partial charge on any atom is 0.416 e. The number of pyridine rings is 1. The number of benzene rings is 1. The first-order valence-electron chi connectivity index (χ1n) is 10.6. The highest BCUT2D eigenvalue weighted by atomic mass is 32.1. The number of alkyl halides is 3. The molecule has 1 fully saturated rings. The van der Waals surface area contributed by atoms with E-state index in [9.17, 15) is 18.0 Å². The fourth-order valence-corrected chi connectivity index (χ4v) is 4.47. The minimum atomic E-state index is -4.48. The highest BCUT2D eigenvalue weighted by Gasteiger charge is 2.36. The molecule has 3 aromatic rings. The van der Waals surface area contributed by atoms with Gasteiger partial charge in [-0.1, -0.05) is 6.07 Å². The van der Waals surface area contributed by atoms with Gasteiger partial charge in [-0.05, 0) is 49.7 Å².